The van der Waals surface area contributed by atoms with Crippen molar-refractivity contribution in [2.45, 2.75) is 26.2 Å². The van der Waals surface area contributed by atoms with Gasteiger partial charge in [-0.2, -0.15) is 12.7 Å². The fourth-order valence-corrected chi connectivity index (χ4v) is 4.33. The van der Waals surface area contributed by atoms with E-state index in [9.17, 15) is 26.8 Å². The fraction of sp³-hybridized carbons (Fsp3) is 0.316. The molecule has 1 saturated heterocycles. The number of rotatable bonds is 6. The highest BCUT2D eigenvalue weighted by atomic mass is 32.2. The first kappa shape index (κ1) is 22.6. The minimum Gasteiger partial charge on any atom is -0.317 e. The molecule has 31 heavy (non-hydrogen) atoms. The molecule has 2 amide bonds. The molecular weight excluding hydrogens is 432 g/mol. The van der Waals surface area contributed by atoms with Gasteiger partial charge in [0.15, 0.2) is 5.82 Å². The second kappa shape index (κ2) is 9.35. The number of amides is 2. The van der Waals surface area contributed by atoms with E-state index in [2.05, 4.69) is 20.3 Å². The number of nitrogens with one attached hydrogen (secondary N) is 3. The minimum absolute atomic E-state index is 0.0211. The molecule has 9 nitrogen and oxygen atoms in total. The maximum atomic E-state index is 14.9. The Morgan fingerprint density at radius 2 is 1.74 bits per heavy atom. The molecule has 1 aliphatic rings. The van der Waals surface area contributed by atoms with Gasteiger partial charge in [-0.05, 0) is 37.1 Å². The normalized spacial score (nSPS) is 14.7. The molecule has 1 fully saturated rings. The van der Waals surface area contributed by atoms with Crippen LogP contribution in [0.4, 0.5) is 26.0 Å². The van der Waals surface area contributed by atoms with Gasteiger partial charge >= 0.3 is 10.2 Å². The number of hydrogen-bond acceptors (Lipinski definition) is 5. The van der Waals surface area contributed by atoms with Crippen LogP contribution in [0.15, 0.2) is 30.5 Å². The number of pyridine rings is 1. The SMILES string of the molecule is CC(=O)Nc1ccc(C(=O)Nc2c(F)ccc(NS(=O)(=O)N3CCCCC3)c2F)cn1. The maximum Gasteiger partial charge on any atom is 0.301 e. The quantitative estimate of drug-likeness (QED) is 0.621. The largest absolute Gasteiger partial charge is 0.317 e. The number of anilines is 3. The summed E-state index contributed by atoms with van der Waals surface area (Å²) in [6.45, 7) is 1.91. The lowest BCUT2D eigenvalue weighted by Gasteiger charge is -2.26. The molecule has 0 unspecified atom stereocenters. The van der Waals surface area contributed by atoms with Crippen molar-refractivity contribution in [3.63, 3.8) is 0 Å². The van der Waals surface area contributed by atoms with Crippen LogP contribution in [-0.2, 0) is 15.0 Å². The highest BCUT2D eigenvalue weighted by Crippen LogP contribution is 2.28. The van der Waals surface area contributed by atoms with E-state index < -0.39 is 39.1 Å². The van der Waals surface area contributed by atoms with E-state index in [-0.39, 0.29) is 17.3 Å². The Hall–Kier alpha value is -3.12. The predicted octanol–water partition coefficient (Wildman–Crippen LogP) is 2.71. The Labute approximate surface area is 178 Å². The summed E-state index contributed by atoms with van der Waals surface area (Å²) in [5.74, 6) is -3.34. The van der Waals surface area contributed by atoms with Gasteiger partial charge in [0.1, 0.15) is 17.3 Å². The second-order valence-electron chi connectivity index (χ2n) is 6.92. The average Bonchev–Trinajstić information content (AvgIpc) is 2.74. The number of piperidine rings is 1. The number of nitrogens with zero attached hydrogens (tertiary/aromatic N) is 2. The molecule has 12 heteroatoms. The topological polar surface area (TPSA) is 120 Å². The first-order valence-electron chi connectivity index (χ1n) is 9.48. The third-order valence-electron chi connectivity index (χ3n) is 4.55. The molecule has 0 atom stereocenters. The molecular formula is C19H21F2N5O4S. The van der Waals surface area contributed by atoms with Crippen molar-refractivity contribution in [1.82, 2.24) is 9.29 Å². The van der Waals surface area contributed by atoms with E-state index in [1.54, 1.807) is 0 Å². The zero-order chi connectivity index (χ0) is 22.6. The smallest absolute Gasteiger partial charge is 0.301 e. The van der Waals surface area contributed by atoms with Crippen molar-refractivity contribution in [2.24, 2.45) is 0 Å². The van der Waals surface area contributed by atoms with E-state index in [4.69, 9.17) is 0 Å². The highest BCUT2D eigenvalue weighted by Gasteiger charge is 2.26. The molecule has 3 N–H and O–H groups in total. The molecule has 2 aromatic rings. The standard InChI is InChI=1S/C19H21F2N5O4S/c1-12(27)23-16-8-5-13(11-22-16)19(28)24-18-14(20)6-7-15(17(18)21)25-31(29,30)26-9-3-2-4-10-26/h5-8,11,25H,2-4,9-10H2,1H3,(H,24,28)(H,22,23,27). The van der Waals surface area contributed by atoms with Gasteiger partial charge in [-0.1, -0.05) is 6.42 Å². The van der Waals surface area contributed by atoms with Crippen molar-refractivity contribution in [3.05, 3.63) is 47.7 Å². The highest BCUT2D eigenvalue weighted by molar-refractivity contribution is 7.90. The number of benzene rings is 1. The van der Waals surface area contributed by atoms with Crippen molar-refractivity contribution in [2.75, 3.05) is 28.4 Å². The van der Waals surface area contributed by atoms with E-state index in [1.165, 1.54) is 23.4 Å². The molecule has 2 heterocycles. The van der Waals surface area contributed by atoms with Crippen LogP contribution in [0.25, 0.3) is 0 Å². The summed E-state index contributed by atoms with van der Waals surface area (Å²) in [5.41, 5.74) is -1.30. The monoisotopic (exact) mass is 453 g/mol. The zero-order valence-electron chi connectivity index (χ0n) is 16.6. The molecule has 0 bridgehead atoms. The molecule has 3 rings (SSSR count). The molecule has 1 aliphatic heterocycles. The third-order valence-corrected chi connectivity index (χ3v) is 6.08. The number of aromatic nitrogens is 1. The van der Waals surface area contributed by atoms with Crippen LogP contribution in [0.2, 0.25) is 0 Å². The van der Waals surface area contributed by atoms with Gasteiger partial charge in [0, 0.05) is 26.2 Å². The number of carbonyl (C=O) groups excluding carboxylic acids is 2. The van der Waals surface area contributed by atoms with E-state index in [0.717, 1.165) is 24.8 Å². The Kier molecular flexibility index (Phi) is 6.81. The number of halogens is 2. The van der Waals surface area contributed by atoms with Crippen LogP contribution in [0.3, 0.4) is 0 Å². The summed E-state index contributed by atoms with van der Waals surface area (Å²) in [6.07, 6.45) is 3.43. The van der Waals surface area contributed by atoms with Crippen molar-refractivity contribution >= 4 is 39.2 Å². The Bertz CT molecular complexity index is 1090. The molecule has 0 saturated carbocycles. The van der Waals surface area contributed by atoms with Gasteiger partial charge in [-0.15, -0.1) is 0 Å². The molecule has 0 aliphatic carbocycles. The summed E-state index contributed by atoms with van der Waals surface area (Å²) in [4.78, 5) is 27.3. The van der Waals surface area contributed by atoms with E-state index in [1.807, 2.05) is 0 Å². The Morgan fingerprint density at radius 3 is 2.35 bits per heavy atom. The van der Waals surface area contributed by atoms with Crippen LogP contribution in [-0.4, -0.2) is 42.6 Å². The number of hydrogen-bond donors (Lipinski definition) is 3. The van der Waals surface area contributed by atoms with Gasteiger partial charge in [0.05, 0.1) is 11.3 Å². The van der Waals surface area contributed by atoms with Crippen LogP contribution in [0.1, 0.15) is 36.5 Å². The van der Waals surface area contributed by atoms with Crippen LogP contribution >= 0.6 is 0 Å². The van der Waals surface area contributed by atoms with E-state index >= 15 is 0 Å². The molecule has 0 spiro atoms. The van der Waals surface area contributed by atoms with Crippen LogP contribution in [0.5, 0.6) is 0 Å². The van der Waals surface area contributed by atoms with Crippen molar-refractivity contribution < 1.29 is 26.8 Å². The lowest BCUT2D eigenvalue weighted by molar-refractivity contribution is -0.114. The van der Waals surface area contributed by atoms with Crippen LogP contribution in [0, 0.1) is 11.6 Å². The van der Waals surface area contributed by atoms with Gasteiger partial charge in [-0.3, -0.25) is 14.3 Å². The third kappa shape index (κ3) is 5.52. The summed E-state index contributed by atoms with van der Waals surface area (Å²) in [6, 6.07) is 4.47. The first-order valence-corrected chi connectivity index (χ1v) is 10.9. The summed E-state index contributed by atoms with van der Waals surface area (Å²) in [7, 11) is -4.02. The Morgan fingerprint density at radius 1 is 1.03 bits per heavy atom. The summed E-state index contributed by atoms with van der Waals surface area (Å²) < 4.78 is 57.3. The van der Waals surface area contributed by atoms with Gasteiger partial charge < -0.3 is 10.6 Å². The van der Waals surface area contributed by atoms with Gasteiger partial charge in [0.2, 0.25) is 5.91 Å². The average molecular weight is 453 g/mol. The van der Waals surface area contributed by atoms with Crippen molar-refractivity contribution in [1.29, 1.82) is 0 Å². The lowest BCUT2D eigenvalue weighted by Crippen LogP contribution is -2.39. The number of carbonyl (C=O) groups is 2. The van der Waals surface area contributed by atoms with Gasteiger partial charge in [-0.25, -0.2) is 13.8 Å². The summed E-state index contributed by atoms with van der Waals surface area (Å²) >= 11 is 0. The van der Waals surface area contributed by atoms with Gasteiger partial charge in [0.25, 0.3) is 5.91 Å². The molecule has 166 valence electrons. The summed E-state index contributed by atoms with van der Waals surface area (Å²) in [5, 5.41) is 4.52. The first-order chi connectivity index (χ1) is 14.7. The Balaban J connectivity index is 1.78. The second-order valence-corrected chi connectivity index (χ2v) is 8.59. The van der Waals surface area contributed by atoms with Crippen molar-refractivity contribution in [3.8, 4) is 0 Å². The maximum absolute atomic E-state index is 14.9. The molecule has 1 aromatic heterocycles. The van der Waals surface area contributed by atoms with E-state index in [0.29, 0.717) is 25.9 Å². The molecule has 0 radical (unpaired) electrons. The fourth-order valence-electron chi connectivity index (χ4n) is 3.02. The zero-order valence-corrected chi connectivity index (χ0v) is 17.4. The lowest BCUT2D eigenvalue weighted by atomic mass is 10.2. The minimum atomic E-state index is -4.02. The van der Waals surface area contributed by atoms with Crippen LogP contribution < -0.4 is 15.4 Å². The predicted molar refractivity (Wildman–Crippen MR) is 111 cm³/mol. The molecule has 1 aromatic carbocycles.